The van der Waals surface area contributed by atoms with Crippen molar-refractivity contribution >= 4 is 23.2 Å². The lowest BCUT2D eigenvalue weighted by Crippen LogP contribution is -2.38. The van der Waals surface area contributed by atoms with Crippen LogP contribution in [0.4, 0.5) is 5.69 Å². The monoisotopic (exact) mass is 373 g/mol. The Bertz CT molecular complexity index is 773. The van der Waals surface area contributed by atoms with E-state index in [9.17, 15) is 0 Å². The van der Waals surface area contributed by atoms with Crippen LogP contribution in [0.1, 0.15) is 18.4 Å². The number of ether oxygens (including phenoxy) is 2. The van der Waals surface area contributed by atoms with Crippen LogP contribution in [0.15, 0.2) is 53.5 Å². The van der Waals surface area contributed by atoms with Gasteiger partial charge >= 0.3 is 0 Å². The van der Waals surface area contributed by atoms with Crippen molar-refractivity contribution in [2.24, 2.45) is 10.7 Å². The molecular weight excluding hydrogens is 350 g/mol. The van der Waals surface area contributed by atoms with Gasteiger partial charge in [0.25, 0.3) is 0 Å². The Hall–Kier alpha value is -2.24. The SMILES string of the molecule is COc1ccccc1NC(N)=NCC1(c2cccc(Cl)c2)CCOCC1. The van der Waals surface area contributed by atoms with Gasteiger partial charge in [0.05, 0.1) is 19.3 Å². The third kappa shape index (κ3) is 4.29. The number of hydrogen-bond acceptors (Lipinski definition) is 3. The van der Waals surface area contributed by atoms with Gasteiger partial charge in [0.15, 0.2) is 5.96 Å². The molecule has 0 bridgehead atoms. The second kappa shape index (κ2) is 8.43. The summed E-state index contributed by atoms with van der Waals surface area (Å²) in [5.41, 5.74) is 8.00. The molecule has 5 nitrogen and oxygen atoms in total. The van der Waals surface area contributed by atoms with E-state index >= 15 is 0 Å². The number of nitrogens with two attached hydrogens (primary N) is 1. The summed E-state index contributed by atoms with van der Waals surface area (Å²) in [6.07, 6.45) is 1.78. The van der Waals surface area contributed by atoms with Crippen molar-refractivity contribution in [3.63, 3.8) is 0 Å². The molecule has 3 rings (SSSR count). The lowest BCUT2D eigenvalue weighted by atomic mass is 9.74. The van der Waals surface area contributed by atoms with E-state index in [4.69, 9.17) is 26.8 Å². The molecule has 6 heteroatoms. The lowest BCUT2D eigenvalue weighted by molar-refractivity contribution is 0.0531. The van der Waals surface area contributed by atoms with Crippen LogP contribution in [0.25, 0.3) is 0 Å². The molecule has 0 amide bonds. The predicted octanol–water partition coefficient (Wildman–Crippen LogP) is 3.82. The molecule has 0 aliphatic carbocycles. The van der Waals surface area contributed by atoms with Crippen LogP contribution in [0.2, 0.25) is 5.02 Å². The van der Waals surface area contributed by atoms with Gasteiger partial charge in [-0.25, -0.2) is 0 Å². The summed E-state index contributed by atoms with van der Waals surface area (Å²) in [5.74, 6) is 1.09. The Morgan fingerprint density at radius 1 is 1.23 bits per heavy atom. The molecule has 1 fully saturated rings. The van der Waals surface area contributed by atoms with Crippen LogP contribution < -0.4 is 15.8 Å². The van der Waals surface area contributed by atoms with E-state index in [-0.39, 0.29) is 5.41 Å². The van der Waals surface area contributed by atoms with Crippen molar-refractivity contribution in [1.29, 1.82) is 0 Å². The van der Waals surface area contributed by atoms with Gasteiger partial charge in [-0.3, -0.25) is 4.99 Å². The molecule has 0 radical (unpaired) electrons. The minimum atomic E-state index is -0.115. The zero-order valence-corrected chi connectivity index (χ0v) is 15.6. The highest BCUT2D eigenvalue weighted by atomic mass is 35.5. The summed E-state index contributed by atoms with van der Waals surface area (Å²) in [6.45, 7) is 1.99. The highest BCUT2D eigenvalue weighted by Crippen LogP contribution is 2.36. The van der Waals surface area contributed by atoms with E-state index < -0.39 is 0 Å². The van der Waals surface area contributed by atoms with E-state index in [0.29, 0.717) is 25.7 Å². The zero-order chi connectivity index (χ0) is 18.4. The minimum Gasteiger partial charge on any atom is -0.495 e. The van der Waals surface area contributed by atoms with Crippen LogP contribution in [-0.4, -0.2) is 32.8 Å². The smallest absolute Gasteiger partial charge is 0.193 e. The molecule has 1 aliphatic rings. The third-order valence-corrected chi connectivity index (χ3v) is 5.04. The zero-order valence-electron chi connectivity index (χ0n) is 14.9. The number of methoxy groups -OCH3 is 1. The number of rotatable bonds is 5. The van der Waals surface area contributed by atoms with Gasteiger partial charge in [-0.2, -0.15) is 0 Å². The maximum atomic E-state index is 6.21. The van der Waals surface area contributed by atoms with E-state index in [1.165, 1.54) is 5.56 Å². The number of para-hydroxylation sites is 2. The fourth-order valence-electron chi connectivity index (χ4n) is 3.28. The highest BCUT2D eigenvalue weighted by Gasteiger charge is 2.34. The number of nitrogens with zero attached hydrogens (tertiary/aromatic N) is 1. The maximum absolute atomic E-state index is 6.21. The summed E-state index contributed by atoms with van der Waals surface area (Å²) in [7, 11) is 1.63. The molecule has 0 aromatic heterocycles. The van der Waals surface area contributed by atoms with Crippen LogP contribution in [0.3, 0.4) is 0 Å². The van der Waals surface area contributed by atoms with Crippen molar-refractivity contribution in [3.05, 3.63) is 59.1 Å². The second-order valence-electron chi connectivity index (χ2n) is 6.43. The molecule has 3 N–H and O–H groups in total. The number of hydrogen-bond donors (Lipinski definition) is 2. The Kier molecular flexibility index (Phi) is 6.01. The molecule has 2 aromatic rings. The Balaban J connectivity index is 1.80. The van der Waals surface area contributed by atoms with Crippen molar-refractivity contribution in [2.45, 2.75) is 18.3 Å². The van der Waals surface area contributed by atoms with E-state index in [0.717, 1.165) is 29.3 Å². The van der Waals surface area contributed by atoms with Gasteiger partial charge in [0.1, 0.15) is 5.75 Å². The van der Waals surface area contributed by atoms with Crippen molar-refractivity contribution in [2.75, 3.05) is 32.2 Å². The summed E-state index contributed by atoms with van der Waals surface area (Å²) in [4.78, 5) is 4.63. The quantitative estimate of drug-likeness (QED) is 0.617. The van der Waals surface area contributed by atoms with Gasteiger partial charge in [-0.1, -0.05) is 35.9 Å². The first-order chi connectivity index (χ1) is 12.6. The average molecular weight is 374 g/mol. The van der Waals surface area contributed by atoms with E-state index in [1.54, 1.807) is 7.11 Å². The summed E-state index contributed by atoms with van der Waals surface area (Å²) >= 11 is 6.21. The lowest BCUT2D eigenvalue weighted by Gasteiger charge is -2.36. The van der Waals surface area contributed by atoms with Gasteiger partial charge in [0.2, 0.25) is 0 Å². The Morgan fingerprint density at radius 3 is 2.73 bits per heavy atom. The van der Waals surface area contributed by atoms with Crippen LogP contribution >= 0.6 is 11.6 Å². The minimum absolute atomic E-state index is 0.115. The topological polar surface area (TPSA) is 68.9 Å². The van der Waals surface area contributed by atoms with E-state index in [2.05, 4.69) is 16.4 Å². The van der Waals surface area contributed by atoms with Crippen LogP contribution in [0.5, 0.6) is 5.75 Å². The number of anilines is 1. The van der Waals surface area contributed by atoms with Crippen LogP contribution in [-0.2, 0) is 10.2 Å². The Morgan fingerprint density at radius 2 is 2.00 bits per heavy atom. The fourth-order valence-corrected chi connectivity index (χ4v) is 3.47. The fraction of sp³-hybridized carbons (Fsp3) is 0.350. The second-order valence-corrected chi connectivity index (χ2v) is 6.87. The average Bonchev–Trinajstić information content (AvgIpc) is 2.67. The molecule has 2 aromatic carbocycles. The maximum Gasteiger partial charge on any atom is 0.193 e. The third-order valence-electron chi connectivity index (χ3n) is 4.81. The van der Waals surface area contributed by atoms with Gasteiger partial charge in [-0.05, 0) is 42.7 Å². The largest absolute Gasteiger partial charge is 0.495 e. The number of nitrogens with one attached hydrogen (secondary N) is 1. The van der Waals surface area contributed by atoms with Gasteiger partial charge in [-0.15, -0.1) is 0 Å². The normalized spacial score (nSPS) is 16.9. The first kappa shape index (κ1) is 18.5. The van der Waals surface area contributed by atoms with Gasteiger partial charge < -0.3 is 20.5 Å². The molecule has 26 heavy (non-hydrogen) atoms. The van der Waals surface area contributed by atoms with Gasteiger partial charge in [0, 0.05) is 23.7 Å². The molecule has 138 valence electrons. The standard InChI is InChI=1S/C20H24ClN3O2/c1-25-18-8-3-2-7-17(18)24-19(22)23-14-20(9-11-26-12-10-20)15-5-4-6-16(21)13-15/h2-8,13H,9-12,14H2,1H3,(H3,22,23,24). The van der Waals surface area contributed by atoms with Crippen molar-refractivity contribution in [3.8, 4) is 5.75 Å². The van der Waals surface area contributed by atoms with Crippen LogP contribution in [0, 0.1) is 0 Å². The molecule has 0 unspecified atom stereocenters. The summed E-state index contributed by atoms with van der Waals surface area (Å²) in [5, 5.41) is 3.86. The number of guanidine groups is 1. The number of benzene rings is 2. The highest BCUT2D eigenvalue weighted by molar-refractivity contribution is 6.30. The summed E-state index contributed by atoms with van der Waals surface area (Å²) < 4.78 is 10.9. The first-order valence-electron chi connectivity index (χ1n) is 8.67. The number of aliphatic imine (C=N–C) groups is 1. The molecule has 1 heterocycles. The predicted molar refractivity (Wildman–Crippen MR) is 106 cm³/mol. The molecule has 1 saturated heterocycles. The Labute approximate surface area is 159 Å². The molecule has 0 spiro atoms. The number of halogens is 1. The van der Waals surface area contributed by atoms with Crippen molar-refractivity contribution < 1.29 is 9.47 Å². The van der Waals surface area contributed by atoms with Crippen molar-refractivity contribution in [1.82, 2.24) is 0 Å². The summed E-state index contributed by atoms with van der Waals surface area (Å²) in [6, 6.07) is 15.6. The first-order valence-corrected chi connectivity index (χ1v) is 9.04. The molecule has 1 aliphatic heterocycles. The molecular formula is C20H24ClN3O2. The molecule has 0 saturated carbocycles. The van der Waals surface area contributed by atoms with E-state index in [1.807, 2.05) is 42.5 Å². The molecule has 0 atom stereocenters.